The Morgan fingerprint density at radius 2 is 0.655 bits per heavy atom. The molecule has 0 N–H and O–H groups in total. The molecule has 0 aliphatic carbocycles. The van der Waals surface area contributed by atoms with Crippen LogP contribution in [-0.4, -0.2) is 29.1 Å². The Hall–Kier alpha value is -14.6. The molecule has 510 valence electrons. The molecule has 0 aliphatic heterocycles. The van der Waals surface area contributed by atoms with Crippen LogP contribution in [0.2, 0.25) is 0 Å². The van der Waals surface area contributed by atoms with Crippen molar-refractivity contribution in [1.29, 1.82) is 0 Å². The minimum Gasteiger partial charge on any atom is -0.455 e. The topological polar surface area (TPSA) is 101 Å². The van der Waals surface area contributed by atoms with Crippen LogP contribution in [0.3, 0.4) is 0 Å². The molecule has 16 aromatic carbocycles. The van der Waals surface area contributed by atoms with E-state index in [1.54, 1.807) is 0 Å². The quantitative estimate of drug-likeness (QED) is 0.142. The highest BCUT2D eigenvalue weighted by Gasteiger charge is 2.27. The lowest BCUT2D eigenvalue weighted by Gasteiger charge is -2.14. The first kappa shape index (κ1) is 60.7. The van der Waals surface area contributed by atoms with Crippen LogP contribution in [0.15, 0.2) is 353 Å². The van der Waals surface area contributed by atoms with E-state index in [-0.39, 0.29) is 0 Å². The Bertz CT molecular complexity index is 8020. The highest BCUT2D eigenvalue weighted by molar-refractivity contribution is 7.26. The van der Waals surface area contributed by atoms with Gasteiger partial charge in [-0.25, -0.2) is 19.9 Å². The average molecular weight is 1420 g/mol. The van der Waals surface area contributed by atoms with E-state index in [0.717, 1.165) is 198 Å². The highest BCUT2D eigenvalue weighted by atomic mass is 32.1. The van der Waals surface area contributed by atoms with Gasteiger partial charge in [0.2, 0.25) is 11.9 Å². The molecule has 0 bridgehead atoms. The number of hydrogen-bond acceptors (Lipinski definition) is 8. The van der Waals surface area contributed by atoms with Crippen LogP contribution in [0.4, 0.5) is 0 Å². The third kappa shape index (κ3) is 9.08. The summed E-state index contributed by atoms with van der Waals surface area (Å²) in [5.41, 5.74) is 24.8. The molecule has 8 aromatic heterocycles. The van der Waals surface area contributed by atoms with Crippen molar-refractivity contribution in [3.8, 4) is 90.0 Å². The van der Waals surface area contributed by atoms with Gasteiger partial charge in [-0.15, -0.1) is 11.3 Å². The van der Waals surface area contributed by atoms with Gasteiger partial charge in [0.25, 0.3) is 0 Å². The number of thiophene rings is 1. The van der Waals surface area contributed by atoms with Crippen LogP contribution < -0.4 is 0 Å². The number of para-hydroxylation sites is 5. The molecule has 0 fully saturated rings. The number of fused-ring (bicyclic) bond motifs is 22. The molecule has 0 saturated carbocycles. The number of aromatic nitrogens is 6. The van der Waals surface area contributed by atoms with Crippen LogP contribution in [-0.2, 0) is 0 Å². The summed E-state index contributed by atoms with van der Waals surface area (Å²) in [6.07, 6.45) is 0. The van der Waals surface area contributed by atoms with Crippen LogP contribution in [0.5, 0.6) is 0 Å². The molecule has 0 spiro atoms. The van der Waals surface area contributed by atoms with Crippen LogP contribution in [0.1, 0.15) is 0 Å². The van der Waals surface area contributed by atoms with E-state index in [0.29, 0.717) is 11.9 Å². The Labute approximate surface area is 630 Å². The van der Waals surface area contributed by atoms with Gasteiger partial charge in [0.15, 0.2) is 0 Å². The zero-order valence-electron chi connectivity index (χ0n) is 58.6. The van der Waals surface area contributed by atoms with Crippen molar-refractivity contribution >= 4 is 163 Å². The number of rotatable bonds is 9. The molecule has 0 radical (unpaired) electrons. The summed E-state index contributed by atoms with van der Waals surface area (Å²) in [7, 11) is 0. The van der Waals surface area contributed by atoms with Crippen molar-refractivity contribution in [2.45, 2.75) is 0 Å². The summed E-state index contributed by atoms with van der Waals surface area (Å²) >= 11 is 1.84. The molecule has 9 nitrogen and oxygen atoms in total. The molecule has 24 rings (SSSR count). The summed E-state index contributed by atoms with van der Waals surface area (Å²) in [4.78, 5) is 22.4. The summed E-state index contributed by atoms with van der Waals surface area (Å²) in [6.45, 7) is 0. The average Bonchev–Trinajstić information content (AvgIpc) is 1.55. The van der Waals surface area contributed by atoms with E-state index in [9.17, 15) is 0 Å². The molecule has 0 saturated heterocycles. The molecule has 24 aromatic rings. The summed E-state index contributed by atoms with van der Waals surface area (Å²) in [5.74, 6) is 1.14. The Morgan fingerprint density at radius 1 is 0.227 bits per heavy atom. The normalized spacial score (nSPS) is 12.2. The van der Waals surface area contributed by atoms with Gasteiger partial charge in [-0.3, -0.25) is 9.13 Å². The predicted octanol–water partition coefficient (Wildman–Crippen LogP) is 27.5. The van der Waals surface area contributed by atoms with Gasteiger partial charge >= 0.3 is 0 Å². The fraction of sp³-hybridized carbons (Fsp3) is 0. The maximum Gasteiger partial charge on any atom is 0.235 e. The Morgan fingerprint density at radius 3 is 1.34 bits per heavy atom. The molecule has 0 aliphatic rings. The maximum absolute atomic E-state index is 7.20. The first-order valence-corrected chi connectivity index (χ1v) is 37.9. The monoisotopic (exact) mass is 1420 g/mol. The van der Waals surface area contributed by atoms with Gasteiger partial charge in [-0.1, -0.05) is 249 Å². The van der Waals surface area contributed by atoms with E-state index in [1.807, 2.05) is 47.7 Å². The van der Waals surface area contributed by atoms with Crippen LogP contribution in [0.25, 0.3) is 241 Å². The van der Waals surface area contributed by atoms with Gasteiger partial charge in [-0.05, 0) is 136 Å². The fourth-order valence-electron chi connectivity index (χ4n) is 17.5. The second-order valence-electron chi connectivity index (χ2n) is 28.6. The van der Waals surface area contributed by atoms with Gasteiger partial charge in [0.1, 0.15) is 33.5 Å². The lowest BCUT2D eigenvalue weighted by atomic mass is 9.93. The van der Waals surface area contributed by atoms with E-state index in [1.165, 1.54) is 31.3 Å². The first-order chi connectivity index (χ1) is 54.5. The molecule has 0 unspecified atom stereocenters. The van der Waals surface area contributed by atoms with Gasteiger partial charge in [0, 0.05) is 102 Å². The van der Waals surface area contributed by atoms with Crippen LogP contribution >= 0.6 is 11.3 Å². The van der Waals surface area contributed by atoms with Crippen molar-refractivity contribution < 1.29 is 13.3 Å². The summed E-state index contributed by atoms with van der Waals surface area (Å²) in [6, 6.07) is 121. The SMILES string of the molecule is c1ccc(-c2ccc(-c3ccc(-c4nc(-n5c6ccc(-c7cccc8c7oc7ccccc78)cc6c6c7sc8ccccc8c7ccc65)nc5ccc(-c6ccc(-c7ccc8c(c7)c7c9oc%10ccccc%10c9ccc7n8-c7nc(-c8ccccc8)c8ccccc8n7)c7oc8ccccc8c67)cc45)cc3)cc2)cc1. The zero-order chi connectivity index (χ0) is 71.8. The standard InChI is InChI=1S/C100H56N6O3S/c1-3-18-57(19-4-1)58-34-36-59(37-35-58)60-38-40-62(41-39-60)94-77-54-63(42-49-81(77)102-100(104-94)106-83-51-43-64(67-27-17-28-72-69-22-8-13-30-86(69)107-95(67)72)56-79(83)92-85(106)53-48-74-71-24-11-16-33-89(71)110-98(74)92)66-45-46-68(96-90(66)76-26-10-15-32-88(76)109-96)65-44-50-82-78(55-65)91-84(52-47-73-70-23-9-14-31-87(70)108-97(73)91)105(82)99-101-80-29-12-7-25-75(80)93(103-99)61-20-5-2-6-21-61/h1-56H. The summed E-state index contributed by atoms with van der Waals surface area (Å²) < 4.78 is 27.8. The van der Waals surface area contributed by atoms with E-state index in [4.69, 9.17) is 33.2 Å². The fourth-order valence-corrected chi connectivity index (χ4v) is 18.8. The third-order valence-corrected chi connectivity index (χ3v) is 23.8. The first-order valence-electron chi connectivity index (χ1n) is 37.1. The Balaban J connectivity index is 0.703. The van der Waals surface area contributed by atoms with Gasteiger partial charge in [-0.2, -0.15) is 0 Å². The number of benzene rings is 16. The molecule has 10 heteroatoms. The van der Waals surface area contributed by atoms with Crippen molar-refractivity contribution in [3.63, 3.8) is 0 Å². The molecular weight excluding hydrogens is 1370 g/mol. The van der Waals surface area contributed by atoms with Gasteiger partial charge in [0.05, 0.1) is 49.9 Å². The molecule has 110 heavy (non-hydrogen) atoms. The van der Waals surface area contributed by atoms with Crippen molar-refractivity contribution in [2.24, 2.45) is 0 Å². The van der Waals surface area contributed by atoms with Crippen molar-refractivity contribution in [2.75, 3.05) is 0 Å². The van der Waals surface area contributed by atoms with E-state index >= 15 is 0 Å². The van der Waals surface area contributed by atoms with Crippen LogP contribution in [0, 0.1) is 0 Å². The zero-order valence-corrected chi connectivity index (χ0v) is 59.5. The smallest absolute Gasteiger partial charge is 0.235 e. The minimum absolute atomic E-state index is 0.570. The number of nitrogens with zero attached hydrogens (tertiary/aromatic N) is 6. The largest absolute Gasteiger partial charge is 0.455 e. The van der Waals surface area contributed by atoms with E-state index in [2.05, 4.69) is 312 Å². The Kier molecular flexibility index (Phi) is 12.9. The minimum atomic E-state index is 0.570. The summed E-state index contributed by atoms with van der Waals surface area (Å²) in [5, 5.41) is 14.9. The molecule has 8 heterocycles. The molecule has 0 atom stereocenters. The lowest BCUT2D eigenvalue weighted by molar-refractivity contribution is 0.669. The molecular formula is C100H56N6O3S. The third-order valence-electron chi connectivity index (χ3n) is 22.6. The second kappa shape index (κ2) is 23.5. The van der Waals surface area contributed by atoms with Crippen molar-refractivity contribution in [3.05, 3.63) is 340 Å². The maximum atomic E-state index is 7.20. The highest BCUT2D eigenvalue weighted by Crippen LogP contribution is 2.50. The molecule has 0 amide bonds. The van der Waals surface area contributed by atoms with E-state index < -0.39 is 0 Å². The second-order valence-corrected chi connectivity index (χ2v) is 29.7. The lowest BCUT2D eigenvalue weighted by Crippen LogP contribution is -2.03. The van der Waals surface area contributed by atoms with Crippen molar-refractivity contribution in [1.82, 2.24) is 29.1 Å². The number of hydrogen-bond donors (Lipinski definition) is 0. The number of furan rings is 3. The predicted molar refractivity (Wildman–Crippen MR) is 454 cm³/mol. The van der Waals surface area contributed by atoms with Gasteiger partial charge < -0.3 is 13.3 Å².